The number of alkyl halides is 3. The Balaban J connectivity index is 2.58. The van der Waals surface area contributed by atoms with Gasteiger partial charge in [-0.25, -0.2) is 0 Å². The SMILES string of the molecule is COc1cccc(-c2ccc(C(F)(F)F)cc2N)c1OC. The van der Waals surface area contributed by atoms with Gasteiger partial charge >= 0.3 is 6.18 Å². The van der Waals surface area contributed by atoms with Crippen molar-refractivity contribution < 1.29 is 22.6 Å². The van der Waals surface area contributed by atoms with Gasteiger partial charge in [0.25, 0.3) is 0 Å². The first-order chi connectivity index (χ1) is 9.88. The Kier molecular flexibility index (Phi) is 3.97. The number of hydrogen-bond donors (Lipinski definition) is 1. The largest absolute Gasteiger partial charge is 0.493 e. The Bertz CT molecular complexity index is 654. The average Bonchev–Trinajstić information content (AvgIpc) is 2.45. The fourth-order valence-electron chi connectivity index (χ4n) is 2.08. The van der Waals surface area contributed by atoms with Crippen LogP contribution in [-0.2, 0) is 6.18 Å². The zero-order valence-electron chi connectivity index (χ0n) is 11.5. The molecular weight excluding hydrogens is 283 g/mol. The minimum absolute atomic E-state index is 0.0244. The summed E-state index contributed by atoms with van der Waals surface area (Å²) < 4.78 is 48.4. The lowest BCUT2D eigenvalue weighted by atomic mass is 10.00. The number of halogens is 3. The molecule has 0 fully saturated rings. The number of benzene rings is 2. The van der Waals surface area contributed by atoms with Gasteiger partial charge < -0.3 is 15.2 Å². The van der Waals surface area contributed by atoms with E-state index < -0.39 is 11.7 Å². The first-order valence-corrected chi connectivity index (χ1v) is 6.06. The fourth-order valence-corrected chi connectivity index (χ4v) is 2.08. The van der Waals surface area contributed by atoms with Crippen LogP contribution in [0.1, 0.15) is 5.56 Å². The van der Waals surface area contributed by atoms with Crippen LogP contribution in [0.3, 0.4) is 0 Å². The predicted molar refractivity (Wildman–Crippen MR) is 74.4 cm³/mol. The van der Waals surface area contributed by atoms with E-state index in [0.717, 1.165) is 12.1 Å². The zero-order chi connectivity index (χ0) is 15.6. The maximum absolute atomic E-state index is 12.7. The second-order valence-corrected chi connectivity index (χ2v) is 4.34. The van der Waals surface area contributed by atoms with Gasteiger partial charge in [0.15, 0.2) is 11.5 Å². The summed E-state index contributed by atoms with van der Waals surface area (Å²) in [6, 6.07) is 8.35. The molecule has 2 N–H and O–H groups in total. The summed E-state index contributed by atoms with van der Waals surface area (Å²) in [5.41, 5.74) is 6.04. The average molecular weight is 297 g/mol. The molecule has 0 unspecified atom stereocenters. The summed E-state index contributed by atoms with van der Waals surface area (Å²) in [6.45, 7) is 0. The molecule has 6 heteroatoms. The molecule has 0 spiro atoms. The number of para-hydroxylation sites is 1. The summed E-state index contributed by atoms with van der Waals surface area (Å²) >= 11 is 0. The summed E-state index contributed by atoms with van der Waals surface area (Å²) in [4.78, 5) is 0. The topological polar surface area (TPSA) is 44.5 Å². The van der Waals surface area contributed by atoms with Crippen LogP contribution in [0.25, 0.3) is 11.1 Å². The van der Waals surface area contributed by atoms with Crippen LogP contribution in [0.4, 0.5) is 18.9 Å². The van der Waals surface area contributed by atoms with Crippen LogP contribution < -0.4 is 15.2 Å². The molecule has 0 aliphatic heterocycles. The van der Waals surface area contributed by atoms with Crippen molar-refractivity contribution in [3.63, 3.8) is 0 Å². The molecular formula is C15H14F3NO2. The Morgan fingerprint density at radius 1 is 0.952 bits per heavy atom. The molecule has 0 aliphatic carbocycles. The van der Waals surface area contributed by atoms with Crippen LogP contribution in [-0.4, -0.2) is 14.2 Å². The van der Waals surface area contributed by atoms with Crippen molar-refractivity contribution in [2.75, 3.05) is 20.0 Å². The molecule has 0 heterocycles. The third kappa shape index (κ3) is 2.89. The quantitative estimate of drug-likeness (QED) is 0.872. The highest BCUT2D eigenvalue weighted by Crippen LogP contribution is 2.41. The van der Waals surface area contributed by atoms with Crippen LogP contribution in [0.15, 0.2) is 36.4 Å². The van der Waals surface area contributed by atoms with Gasteiger partial charge in [-0.2, -0.15) is 13.2 Å². The molecule has 0 atom stereocenters. The van der Waals surface area contributed by atoms with Crippen LogP contribution in [0.5, 0.6) is 11.5 Å². The Morgan fingerprint density at radius 3 is 2.19 bits per heavy atom. The molecule has 0 saturated heterocycles. The van der Waals surface area contributed by atoms with E-state index in [0.29, 0.717) is 22.6 Å². The van der Waals surface area contributed by atoms with Crippen LogP contribution >= 0.6 is 0 Å². The van der Waals surface area contributed by atoms with Crippen LogP contribution in [0.2, 0.25) is 0 Å². The highest BCUT2D eigenvalue weighted by Gasteiger charge is 2.31. The monoisotopic (exact) mass is 297 g/mol. The third-order valence-electron chi connectivity index (χ3n) is 3.07. The molecule has 2 aromatic carbocycles. The van der Waals surface area contributed by atoms with E-state index in [1.807, 2.05) is 0 Å². The highest BCUT2D eigenvalue weighted by atomic mass is 19.4. The minimum Gasteiger partial charge on any atom is -0.493 e. The van der Waals surface area contributed by atoms with Gasteiger partial charge in [0, 0.05) is 16.8 Å². The second kappa shape index (κ2) is 5.55. The predicted octanol–water partition coefficient (Wildman–Crippen LogP) is 3.97. The van der Waals surface area contributed by atoms with Gasteiger partial charge in [-0.05, 0) is 18.2 Å². The molecule has 2 aromatic rings. The number of nitrogens with two attached hydrogens (primary N) is 1. The number of hydrogen-bond acceptors (Lipinski definition) is 3. The van der Waals surface area contributed by atoms with E-state index >= 15 is 0 Å². The van der Waals surface area contributed by atoms with E-state index in [4.69, 9.17) is 15.2 Å². The van der Waals surface area contributed by atoms with Gasteiger partial charge in [-0.15, -0.1) is 0 Å². The minimum atomic E-state index is -4.43. The van der Waals surface area contributed by atoms with Crippen molar-refractivity contribution in [2.45, 2.75) is 6.18 Å². The van der Waals surface area contributed by atoms with Gasteiger partial charge in [0.1, 0.15) is 0 Å². The number of anilines is 1. The van der Waals surface area contributed by atoms with E-state index in [1.54, 1.807) is 18.2 Å². The summed E-state index contributed by atoms with van der Waals surface area (Å²) in [5, 5.41) is 0. The van der Waals surface area contributed by atoms with E-state index in [-0.39, 0.29) is 5.69 Å². The molecule has 0 aliphatic rings. The lowest BCUT2D eigenvalue weighted by molar-refractivity contribution is -0.137. The Labute approximate surface area is 120 Å². The van der Waals surface area contributed by atoms with Gasteiger partial charge in [-0.3, -0.25) is 0 Å². The number of rotatable bonds is 3. The second-order valence-electron chi connectivity index (χ2n) is 4.34. The molecule has 0 saturated carbocycles. The van der Waals surface area contributed by atoms with Crippen molar-refractivity contribution in [1.82, 2.24) is 0 Å². The molecule has 2 rings (SSSR count). The molecule has 0 bridgehead atoms. The van der Waals surface area contributed by atoms with Crippen molar-refractivity contribution >= 4 is 5.69 Å². The fraction of sp³-hybridized carbons (Fsp3) is 0.200. The molecule has 112 valence electrons. The van der Waals surface area contributed by atoms with Gasteiger partial charge in [0.2, 0.25) is 0 Å². The zero-order valence-corrected chi connectivity index (χ0v) is 11.5. The number of ether oxygens (including phenoxy) is 2. The number of methoxy groups -OCH3 is 2. The van der Waals surface area contributed by atoms with Crippen molar-refractivity contribution in [2.24, 2.45) is 0 Å². The first-order valence-electron chi connectivity index (χ1n) is 6.06. The van der Waals surface area contributed by atoms with Crippen molar-refractivity contribution in [3.8, 4) is 22.6 Å². The van der Waals surface area contributed by atoms with Gasteiger partial charge in [0.05, 0.1) is 19.8 Å². The summed E-state index contributed by atoms with van der Waals surface area (Å²) in [6.07, 6.45) is -4.43. The lowest BCUT2D eigenvalue weighted by Gasteiger charge is -2.15. The van der Waals surface area contributed by atoms with Gasteiger partial charge in [-0.1, -0.05) is 18.2 Å². The normalized spacial score (nSPS) is 11.3. The van der Waals surface area contributed by atoms with E-state index in [9.17, 15) is 13.2 Å². The maximum atomic E-state index is 12.7. The molecule has 21 heavy (non-hydrogen) atoms. The van der Waals surface area contributed by atoms with Crippen molar-refractivity contribution in [1.29, 1.82) is 0 Å². The third-order valence-corrected chi connectivity index (χ3v) is 3.07. The Hall–Kier alpha value is -2.37. The first kappa shape index (κ1) is 15.0. The molecule has 3 nitrogen and oxygen atoms in total. The smallest absolute Gasteiger partial charge is 0.416 e. The van der Waals surface area contributed by atoms with E-state index in [1.165, 1.54) is 20.3 Å². The molecule has 0 radical (unpaired) electrons. The molecule has 0 aromatic heterocycles. The van der Waals surface area contributed by atoms with Crippen molar-refractivity contribution in [3.05, 3.63) is 42.0 Å². The maximum Gasteiger partial charge on any atom is 0.416 e. The summed E-state index contributed by atoms with van der Waals surface area (Å²) in [7, 11) is 2.94. The van der Waals surface area contributed by atoms with E-state index in [2.05, 4.69) is 0 Å². The van der Waals surface area contributed by atoms with Crippen LogP contribution in [0, 0.1) is 0 Å². The summed E-state index contributed by atoms with van der Waals surface area (Å²) in [5.74, 6) is 0.903. The Morgan fingerprint density at radius 2 is 1.67 bits per heavy atom. The highest BCUT2D eigenvalue weighted by molar-refractivity contribution is 5.82. The molecule has 0 amide bonds. The standard InChI is InChI=1S/C15H14F3NO2/c1-20-13-5-3-4-11(14(13)21-2)10-7-6-9(8-12(10)19)15(16,17)18/h3-8H,19H2,1-2H3. The lowest BCUT2D eigenvalue weighted by Crippen LogP contribution is -2.06. The number of nitrogen functional groups attached to an aromatic ring is 1.